The van der Waals surface area contributed by atoms with Crippen molar-refractivity contribution >= 4 is 38.4 Å². The van der Waals surface area contributed by atoms with Crippen molar-refractivity contribution < 1.29 is 51.9 Å². The first kappa shape index (κ1) is 51.2. The lowest BCUT2D eigenvalue weighted by atomic mass is 9.84. The third-order valence-electron chi connectivity index (χ3n) is 12.3. The van der Waals surface area contributed by atoms with Gasteiger partial charge in [-0.3, -0.25) is 4.79 Å². The van der Waals surface area contributed by atoms with Crippen LogP contribution in [-0.4, -0.2) is 153 Å². The van der Waals surface area contributed by atoms with Gasteiger partial charge in [0.2, 0.25) is 0 Å². The Kier molecular flexibility index (Phi) is 18.5. The molecule has 2 aliphatic rings. The monoisotopic (exact) mass is 992 g/mol. The molecule has 4 rings (SSSR count). The number of rotatable bonds is 13. The number of sulfone groups is 1. The molecule has 2 saturated heterocycles. The molecule has 3 heterocycles. The Morgan fingerprint density at radius 3 is 2.44 bits per heavy atom. The van der Waals surface area contributed by atoms with Crippen molar-refractivity contribution in [1.82, 2.24) is 24.8 Å². The summed E-state index contributed by atoms with van der Waals surface area (Å²) >= 11 is 1.86. The van der Waals surface area contributed by atoms with Crippen LogP contribution in [0.5, 0.6) is 0 Å². The van der Waals surface area contributed by atoms with Gasteiger partial charge in [-0.05, 0) is 114 Å². The Hall–Kier alpha value is -2.39. The summed E-state index contributed by atoms with van der Waals surface area (Å²) in [5.41, 5.74) is -1.82. The smallest absolute Gasteiger partial charge is 0.309 e. The van der Waals surface area contributed by atoms with E-state index in [2.05, 4.69) is 15.2 Å². The third kappa shape index (κ3) is 13.3. The van der Waals surface area contributed by atoms with Crippen molar-refractivity contribution in [3.63, 3.8) is 0 Å². The molecule has 1 aromatic heterocycles. The third-order valence-corrected chi connectivity index (χ3v) is 15.4. The second-order valence-electron chi connectivity index (χ2n) is 17.7. The molecule has 2 fully saturated rings. The zero-order valence-electron chi connectivity index (χ0n) is 36.9. The number of esters is 1. The van der Waals surface area contributed by atoms with Crippen LogP contribution in [0.2, 0.25) is 0 Å². The number of alkyl halides is 2. The predicted molar refractivity (Wildman–Crippen MR) is 233 cm³/mol. The van der Waals surface area contributed by atoms with Gasteiger partial charge in [-0.15, -0.1) is 5.10 Å². The van der Waals surface area contributed by atoms with Gasteiger partial charge >= 0.3 is 5.97 Å². The Morgan fingerprint density at radius 2 is 1.82 bits per heavy atom. The van der Waals surface area contributed by atoms with Gasteiger partial charge in [0.15, 0.2) is 20.2 Å². The van der Waals surface area contributed by atoms with E-state index in [0.29, 0.717) is 56.5 Å². The number of likely N-dealkylation sites (N-methyl/N-ethyl adjacent to an activating group) is 2. The number of halogens is 2. The number of nitrogens with zero attached hydrogens (tertiary/aromatic N) is 6. The van der Waals surface area contributed by atoms with Crippen LogP contribution in [0.1, 0.15) is 97.0 Å². The van der Waals surface area contributed by atoms with Crippen LogP contribution in [0.3, 0.4) is 0 Å². The van der Waals surface area contributed by atoms with Crippen LogP contribution in [0, 0.1) is 23.2 Å². The van der Waals surface area contributed by atoms with Gasteiger partial charge in [0.05, 0.1) is 40.4 Å². The number of benzene rings is 1. The summed E-state index contributed by atoms with van der Waals surface area (Å²) < 4.78 is 64.0. The highest BCUT2D eigenvalue weighted by Crippen LogP contribution is 2.35. The molecule has 2 aliphatic heterocycles. The van der Waals surface area contributed by atoms with E-state index in [1.54, 1.807) is 38.2 Å². The van der Waals surface area contributed by atoms with Gasteiger partial charge in [-0.2, -0.15) is 5.26 Å². The topological polar surface area (TPSA) is 210 Å². The minimum atomic E-state index is -3.76. The van der Waals surface area contributed by atoms with Crippen LogP contribution in [-0.2, 0) is 40.0 Å². The summed E-state index contributed by atoms with van der Waals surface area (Å²) in [6.07, 6.45) is 1.02. The number of aromatic nitrogens is 3. The zero-order valence-corrected chi connectivity index (χ0v) is 39.8. The maximum absolute atomic E-state index is 14.6. The quantitative estimate of drug-likeness (QED) is 0.146. The molecule has 61 heavy (non-hydrogen) atoms. The van der Waals surface area contributed by atoms with Crippen LogP contribution in [0.4, 0.5) is 4.39 Å². The summed E-state index contributed by atoms with van der Waals surface area (Å²) in [5, 5.41) is 51.9. The maximum Gasteiger partial charge on any atom is 0.309 e. The molecule has 13 atom stereocenters. The van der Waals surface area contributed by atoms with Gasteiger partial charge in [-0.25, -0.2) is 17.5 Å². The summed E-state index contributed by atoms with van der Waals surface area (Å²) in [4.78, 5) is 17.4. The molecule has 0 radical (unpaired) electrons. The molecule has 0 aliphatic carbocycles. The average Bonchev–Trinajstić information content (AvgIpc) is 3.67. The Morgan fingerprint density at radius 1 is 1.15 bits per heavy atom. The normalized spacial score (nSPS) is 33.9. The fraction of sp³-hybridized carbons (Fsp3) is 0.762. The molecule has 344 valence electrons. The molecule has 19 heteroatoms. The highest BCUT2D eigenvalue weighted by Gasteiger charge is 2.45. The van der Waals surface area contributed by atoms with Gasteiger partial charge in [-0.1, -0.05) is 31.2 Å². The highest BCUT2D eigenvalue weighted by atomic mass is 127. The molecular weight excluding hydrogens is 926 g/mol. The van der Waals surface area contributed by atoms with Crippen molar-refractivity contribution in [2.75, 3.05) is 46.7 Å². The lowest BCUT2D eigenvalue weighted by Crippen LogP contribution is -2.57. The van der Waals surface area contributed by atoms with Crippen LogP contribution in [0.15, 0.2) is 35.4 Å². The summed E-state index contributed by atoms with van der Waals surface area (Å²) in [5.74, 6) is -1.77. The summed E-state index contributed by atoms with van der Waals surface area (Å²) in [6.45, 7) is 11.1. The van der Waals surface area contributed by atoms with Gasteiger partial charge in [0, 0.05) is 51.3 Å². The van der Waals surface area contributed by atoms with Gasteiger partial charge in [0.25, 0.3) is 0 Å². The standard InChI is InChI=1S/C42H66FIN6O10S/c1-26-22-41(5,53)35(15-10-27(2)39(52)60-40(44)42(6,54)38(51)29(4)49(8)24-26)59-36-21-32(20-28(3)58-36)48(7)18-16-31-25-50(47-46-31)34(23-43)37(57-9)30-11-13-33(14-12-30)61(55,56)19-17-45/h11-14,25-29,32,34-38,40,51,53-54H,10,15-16,18-24H2,1-9H3/t26-,27-,28-,29-,32+,34-,35-,36+,37-,38-,40+,41-,42+/m1/s1. The average molecular weight is 993 g/mol. The molecule has 0 amide bonds. The lowest BCUT2D eigenvalue weighted by Gasteiger charge is -2.43. The maximum atomic E-state index is 14.6. The van der Waals surface area contributed by atoms with Crippen molar-refractivity contribution in [3.05, 3.63) is 41.7 Å². The first-order valence-electron chi connectivity index (χ1n) is 20.9. The number of methoxy groups -OCH3 is 1. The molecule has 3 N–H and O–H groups in total. The predicted octanol–water partition coefficient (Wildman–Crippen LogP) is 4.17. The Balaban J connectivity index is 1.43. The van der Waals surface area contributed by atoms with Crippen molar-refractivity contribution in [3.8, 4) is 6.07 Å². The fourth-order valence-corrected chi connectivity index (χ4v) is 9.92. The SMILES string of the molecule is CO[C@H](c1ccc(S(=O)(=O)CC#N)cc1)[C@@H](CF)n1cc(CCN(C)[C@@H]2C[C@H](O[C@@H]3CC[C@@H](C)C(=O)O[C@H](I)[C@@](C)(O)[C@H](O)[C@@H](C)N(C)C[C@H](C)C[C@@]3(C)O)O[C@H](C)C2)nn1. The van der Waals surface area contributed by atoms with E-state index in [1.165, 1.54) is 30.8 Å². The second kappa shape index (κ2) is 22.0. The van der Waals surface area contributed by atoms with E-state index < -0.39 is 86.2 Å². The number of ether oxygens (including phenoxy) is 4. The van der Waals surface area contributed by atoms with Gasteiger partial charge in [0.1, 0.15) is 36.3 Å². The number of cyclic esters (lactones) is 1. The minimum Gasteiger partial charge on any atom is -0.448 e. The molecular formula is C42H66FIN6O10S. The van der Waals surface area contributed by atoms with Crippen LogP contribution < -0.4 is 0 Å². The van der Waals surface area contributed by atoms with E-state index >= 15 is 0 Å². The molecule has 0 unspecified atom stereocenters. The molecule has 0 saturated carbocycles. The number of hydrogen-bond donors (Lipinski definition) is 3. The molecule has 1 aromatic carbocycles. The van der Waals surface area contributed by atoms with Crippen molar-refractivity contribution in [1.29, 1.82) is 5.26 Å². The Bertz CT molecular complexity index is 1870. The Labute approximate surface area is 374 Å². The van der Waals surface area contributed by atoms with E-state index in [-0.39, 0.29) is 23.0 Å². The van der Waals surface area contributed by atoms with Crippen LogP contribution >= 0.6 is 22.6 Å². The van der Waals surface area contributed by atoms with Crippen LogP contribution in [0.25, 0.3) is 0 Å². The minimum absolute atomic E-state index is 0.00673. The molecule has 2 aromatic rings. The highest BCUT2D eigenvalue weighted by molar-refractivity contribution is 14.1. The number of aliphatic hydroxyl groups excluding tert-OH is 1. The molecule has 16 nitrogen and oxygen atoms in total. The van der Waals surface area contributed by atoms with E-state index in [9.17, 15) is 32.9 Å². The number of hydrogen-bond acceptors (Lipinski definition) is 15. The zero-order chi connectivity index (χ0) is 45.4. The number of carbonyl (C=O) groups excluding carboxylic acids is 1. The van der Waals surface area contributed by atoms with E-state index in [4.69, 9.17) is 24.2 Å². The summed E-state index contributed by atoms with van der Waals surface area (Å²) in [6, 6.07) is 6.20. The van der Waals surface area contributed by atoms with E-state index in [0.717, 1.165) is 6.42 Å². The first-order valence-corrected chi connectivity index (χ1v) is 23.8. The molecule has 0 spiro atoms. The van der Waals surface area contributed by atoms with Crippen molar-refractivity contribution in [2.45, 2.75) is 149 Å². The largest absolute Gasteiger partial charge is 0.448 e. The summed E-state index contributed by atoms with van der Waals surface area (Å²) in [7, 11) is 1.55. The van der Waals surface area contributed by atoms with Gasteiger partial charge < -0.3 is 44.1 Å². The molecule has 0 bridgehead atoms. The van der Waals surface area contributed by atoms with Crippen molar-refractivity contribution in [2.24, 2.45) is 11.8 Å². The lowest BCUT2D eigenvalue weighted by molar-refractivity contribution is -0.253. The first-order chi connectivity index (χ1) is 28.5. The number of carbonyl (C=O) groups is 1. The second-order valence-corrected chi connectivity index (χ2v) is 20.8. The number of aliphatic hydroxyl groups is 3. The number of nitriles is 1. The fourth-order valence-electron chi connectivity index (χ4n) is 8.41. The van der Waals surface area contributed by atoms with E-state index in [1.807, 2.05) is 62.4 Å².